The third kappa shape index (κ3) is 41.5. The lowest BCUT2D eigenvalue weighted by Gasteiger charge is -2.19. The average molecular weight is 2270 g/mol. The van der Waals surface area contributed by atoms with Gasteiger partial charge >= 0.3 is 0 Å². The summed E-state index contributed by atoms with van der Waals surface area (Å²) in [6.07, 6.45) is 2.77. The molecule has 0 aliphatic rings. The second-order valence-electron chi connectivity index (χ2n) is 41.2. The van der Waals surface area contributed by atoms with Crippen LogP contribution in [0.4, 0.5) is 0 Å². The van der Waals surface area contributed by atoms with E-state index >= 15 is 0 Å². The van der Waals surface area contributed by atoms with Gasteiger partial charge in [0, 0.05) is 27.4 Å². The zero-order valence-electron chi connectivity index (χ0n) is 90.0. The first-order chi connectivity index (χ1) is 67.9. The molecule has 0 aliphatic heterocycles. The molecule has 0 saturated heterocycles. The molecule has 0 spiro atoms. The lowest BCUT2D eigenvalue weighted by atomic mass is 9.86. The van der Waals surface area contributed by atoms with E-state index in [1.165, 1.54) is 59.1 Å². The number of pyridine rings is 1. The van der Waals surface area contributed by atoms with Gasteiger partial charge in [0.15, 0.2) is 10.3 Å². The van der Waals surface area contributed by atoms with E-state index in [0.717, 1.165) is 110 Å². The number of ether oxygens (including phenoxy) is 8. The van der Waals surface area contributed by atoms with E-state index in [1.807, 2.05) is 139 Å². The van der Waals surface area contributed by atoms with Crippen LogP contribution in [0.15, 0.2) is 187 Å². The number of nitrogens with zero attached hydrogens (tertiary/aromatic N) is 9. The van der Waals surface area contributed by atoms with Crippen molar-refractivity contribution in [1.29, 1.82) is 0 Å². The Balaban J connectivity index is 0.000000185. The minimum Gasteiger partial charge on any atom is -0.438 e. The maximum Gasteiger partial charge on any atom is 0.222 e. The van der Waals surface area contributed by atoms with Crippen LogP contribution in [0.3, 0.4) is 0 Å². The van der Waals surface area contributed by atoms with E-state index < -0.39 is 0 Å². The van der Waals surface area contributed by atoms with Gasteiger partial charge in [-0.25, -0.2) is 44.9 Å². The number of hydrogen-bond acceptors (Lipinski definition) is 25. The van der Waals surface area contributed by atoms with Crippen molar-refractivity contribution < 1.29 is 46.7 Å². The number of halogens is 5. The smallest absolute Gasteiger partial charge is 0.222 e. The van der Waals surface area contributed by atoms with Crippen molar-refractivity contribution in [2.24, 2.45) is 0 Å². The number of aryl methyl sites for hydroxylation is 6. The summed E-state index contributed by atoms with van der Waals surface area (Å²) >= 11 is 34.6. The Labute approximate surface area is 915 Å². The molecular weight excluding hydrogens is 2130 g/mol. The Kier molecular flexibility index (Phi) is 46.4. The van der Waals surface area contributed by atoms with Crippen molar-refractivity contribution in [1.82, 2.24) is 44.9 Å². The quantitative estimate of drug-likeness (QED) is 0.0492. The highest BCUT2D eigenvalue weighted by Crippen LogP contribution is 2.40. The summed E-state index contributed by atoms with van der Waals surface area (Å²) in [7, 11) is 0. The molecule has 0 fully saturated rings. The highest BCUT2D eigenvalue weighted by atomic mass is 79.9. The van der Waals surface area contributed by atoms with Crippen LogP contribution in [0.2, 0.25) is 15.1 Å². The van der Waals surface area contributed by atoms with Crippen molar-refractivity contribution in [2.45, 2.75) is 332 Å². The van der Waals surface area contributed by atoms with Crippen LogP contribution in [0.25, 0.3) is 85.5 Å². The minimum atomic E-state index is -0.196. The first-order valence-electron chi connectivity index (χ1n) is 48.6. The van der Waals surface area contributed by atoms with Gasteiger partial charge in [0.25, 0.3) is 0 Å². The zero-order chi connectivity index (χ0) is 107. The molecule has 0 saturated carbocycles. The number of benzene rings is 7. The Bertz CT molecular complexity index is 6480. The van der Waals surface area contributed by atoms with Gasteiger partial charge in [-0.2, -0.15) is 0 Å². The third-order valence-electron chi connectivity index (χ3n) is 20.7. The monoisotopic (exact) mass is 2270 g/mol. The van der Waals surface area contributed by atoms with Crippen molar-refractivity contribution in [3.63, 3.8) is 0 Å². The normalized spacial score (nSPS) is 12.0. The Hall–Kier alpha value is -7.82. The van der Waals surface area contributed by atoms with Gasteiger partial charge in [0.05, 0.1) is 137 Å². The molecule has 0 radical (unpaired) electrons. The van der Waals surface area contributed by atoms with E-state index in [9.17, 15) is 0 Å². The number of aromatic nitrogens is 9. The van der Waals surface area contributed by atoms with Crippen molar-refractivity contribution in [3.8, 4) is 53.8 Å². The summed E-state index contributed by atoms with van der Waals surface area (Å²) in [5.74, 6) is 1.17. The van der Waals surface area contributed by atoms with E-state index in [-0.39, 0.29) is 64.3 Å². The average Bonchev–Trinajstić information content (AvgIpc) is 1.71. The third-order valence-corrected chi connectivity index (χ3v) is 29.2. The maximum atomic E-state index is 5.91. The van der Waals surface area contributed by atoms with Crippen molar-refractivity contribution in [2.75, 3.05) is 0 Å². The Morgan fingerprint density at radius 3 is 1.17 bits per heavy atom. The molecule has 0 amide bonds. The molecule has 16 aromatic rings. The van der Waals surface area contributed by atoms with Gasteiger partial charge in [0.2, 0.25) is 11.8 Å². The predicted octanol–water partition coefficient (Wildman–Crippen LogP) is 36.5. The number of rotatable bonds is 26. The van der Waals surface area contributed by atoms with Gasteiger partial charge < -0.3 is 46.7 Å². The van der Waals surface area contributed by atoms with Gasteiger partial charge in [-0.3, -0.25) is 0 Å². The molecule has 7 aromatic carbocycles. The molecule has 1 atom stereocenters. The van der Waals surface area contributed by atoms with Crippen LogP contribution < -0.4 is 0 Å². The van der Waals surface area contributed by atoms with Crippen molar-refractivity contribution in [3.05, 3.63) is 280 Å². The zero-order valence-corrected chi connectivity index (χ0v) is 100. The fourth-order valence-electron chi connectivity index (χ4n) is 13.1. The second-order valence-corrected chi connectivity index (χ2v) is 51.0. The van der Waals surface area contributed by atoms with Gasteiger partial charge in [-0.1, -0.05) is 226 Å². The van der Waals surface area contributed by atoms with Crippen LogP contribution in [0, 0.1) is 41.5 Å². The summed E-state index contributed by atoms with van der Waals surface area (Å²) in [5.41, 5.74) is 20.7. The molecule has 19 nitrogen and oxygen atoms in total. The summed E-state index contributed by atoms with van der Waals surface area (Å²) in [6.45, 7) is 70.1. The maximum absolute atomic E-state index is 5.91. The van der Waals surface area contributed by atoms with Crippen LogP contribution in [-0.2, 0) is 95.0 Å². The molecule has 9 aromatic heterocycles. The molecule has 16 rings (SSSR count). The van der Waals surface area contributed by atoms with Gasteiger partial charge in [-0.05, 0) is 293 Å². The van der Waals surface area contributed by atoms with E-state index in [4.69, 9.17) is 86.5 Å². The largest absolute Gasteiger partial charge is 0.438 e. The van der Waals surface area contributed by atoms with Crippen molar-refractivity contribution >= 4 is 166 Å². The second kappa shape index (κ2) is 55.8. The first-order valence-corrected chi connectivity index (χ1v) is 56.2. The van der Waals surface area contributed by atoms with Gasteiger partial charge in [0.1, 0.15) is 70.9 Å². The predicted molar refractivity (Wildman–Crippen MR) is 617 cm³/mol. The SMILES string of the molecule is CC(C)(C)OCc1nc2cc(Cl)ccc2o1.CC(C)(C)OCc1nc2cc(Cl)ccc2s1.CC(C)OCc1nc2cc(Cl)cnc2s1.Cc1ccc(-c2nc(COC(C)(C)C)sc2Br)cc1.Cc1ccc(-c2nc(COC(C)C)oc2Br)cc1.Cc1ccc(-c2sc(COC(C)C)nc2C)cc1.Cc1nc(C(C)OC(C)C)sc1-c1ccc(C(C)(C)C)cc1.Cc1nc(COC(C)C)sc1-c1ccc(C(C)(C)C)cc1. The molecule has 1 unspecified atom stereocenters. The van der Waals surface area contributed by atoms with E-state index in [2.05, 4.69) is 306 Å². The number of hydrogen-bond donors (Lipinski definition) is 0. The molecule has 780 valence electrons. The number of thiazole rings is 6. The molecule has 145 heavy (non-hydrogen) atoms. The summed E-state index contributed by atoms with van der Waals surface area (Å²) < 4.78 is 59.0. The topological polar surface area (TPSA) is 216 Å². The van der Waals surface area contributed by atoms with Crippen LogP contribution >= 0.6 is 135 Å². The standard InChI is InChI=1S/C19H27NOS.C18H25NOS.C15H18BrNOS.C15H19NOS.C14H16BrNO2.C12H14ClNO2.C12H14ClNOS.C10H11ClN2OS/c1-12(2)21-14(4)18-20-13(3)17(22-18)15-8-10-16(11-9-15)19(5,6)7;1-12(2)20-11-16-19-13(3)17(21-16)14-7-9-15(10-8-14)18(4,5)6;1-10-5-7-11(8-6-10)13-14(16)19-12(17-13)9-18-15(2,3)4;1-10(2)17-9-14-16-12(4)15(18-14)13-7-5-11(3)6-8-13;1-9(2)17-8-12-16-13(14(15)18-12)11-6-4-10(3)5-7-11;2*1-12(2,3)15-7-11-14-9-6-8(13)4-5-10(9)16-11;1-6(2)14-5-9-13-8-3-7(11)4-12-10(8)15-9/h8-12,14H,1-7H3;7-10,12H,11H2,1-6H3;5-8H,9H2,1-4H3;5-8,10H,9H2,1-4H3;4-7,9H,8H2,1-3H3;2*4-6H,7H2,1-3H3;3-4,6H,5H2,1-2H3. The highest BCUT2D eigenvalue weighted by Gasteiger charge is 2.24. The van der Waals surface area contributed by atoms with Crippen LogP contribution in [0.1, 0.15) is 273 Å². The van der Waals surface area contributed by atoms with E-state index in [0.29, 0.717) is 72.7 Å². The van der Waals surface area contributed by atoms with Crippen LogP contribution in [0.5, 0.6) is 0 Å². The lowest BCUT2D eigenvalue weighted by molar-refractivity contribution is -0.0238. The fourth-order valence-corrected chi connectivity index (χ4v) is 20.4. The molecule has 0 bridgehead atoms. The minimum absolute atomic E-state index is 0.0475. The van der Waals surface area contributed by atoms with Gasteiger partial charge in [-0.15, -0.1) is 56.7 Å². The summed E-state index contributed by atoms with van der Waals surface area (Å²) in [6, 6.07) is 55.8. The van der Waals surface area contributed by atoms with Crippen LogP contribution in [-0.4, -0.2) is 92.2 Å². The first kappa shape index (κ1) is 121. The molecule has 9 heterocycles. The Morgan fingerprint density at radius 1 is 0.331 bits per heavy atom. The fraction of sp³-hybridized carbons (Fsp3) is 0.435. The molecule has 0 N–H and O–H groups in total. The molecular formula is C115H144Br2Cl3N9O10S6. The van der Waals surface area contributed by atoms with E-state index in [1.54, 1.807) is 86.4 Å². The number of fused-ring (bicyclic) bond motifs is 3. The summed E-state index contributed by atoms with van der Waals surface area (Å²) in [5, 5.41) is 8.08. The molecule has 30 heteroatoms. The molecule has 0 aliphatic carbocycles. The Morgan fingerprint density at radius 2 is 0.710 bits per heavy atom. The highest BCUT2D eigenvalue weighted by molar-refractivity contribution is 9.11. The lowest BCUT2D eigenvalue weighted by Crippen LogP contribution is -2.18. The summed E-state index contributed by atoms with van der Waals surface area (Å²) in [4.78, 5) is 45.0. The number of oxazole rings is 2.